The molecule has 0 aliphatic rings. The maximum Gasteiger partial charge on any atom is 0.251 e. The molecule has 0 aliphatic carbocycles. The number of methoxy groups -OCH3 is 2. The molecule has 9 heteroatoms. The van der Waals surface area contributed by atoms with E-state index in [4.69, 9.17) is 26.1 Å². The van der Waals surface area contributed by atoms with Crippen LogP contribution in [-0.2, 0) is 12.2 Å². The second-order valence-electron chi connectivity index (χ2n) is 11.1. The van der Waals surface area contributed by atoms with Gasteiger partial charge in [-0.3, -0.25) is 4.79 Å². The number of halogens is 1. The van der Waals surface area contributed by atoms with E-state index in [1.54, 1.807) is 20.3 Å². The van der Waals surface area contributed by atoms with Crippen molar-refractivity contribution in [1.29, 1.82) is 0 Å². The Bertz CT molecular complexity index is 1700. The number of likely N-dealkylation sites (N-methyl/N-ethyl adjacent to an activating group) is 1. The predicted molar refractivity (Wildman–Crippen MR) is 191 cm³/mol. The predicted octanol–water partition coefficient (Wildman–Crippen LogP) is 8.07. The molecule has 1 N–H and O–H groups in total. The molecule has 0 unspecified atom stereocenters. The first kappa shape index (κ1) is 33.8. The SMILES string of the molecule is COc1ccc(CCN(C)c2cc(Cl)nc(SCc3ccc(C(=O)NCCC(c4ccccc4)c4ccccc4)cc3)n2)cc1OC. The minimum absolute atomic E-state index is 0.0805. The van der Waals surface area contributed by atoms with Crippen molar-refractivity contribution < 1.29 is 14.3 Å². The van der Waals surface area contributed by atoms with E-state index in [0.29, 0.717) is 39.7 Å². The van der Waals surface area contributed by atoms with Crippen LogP contribution in [0.15, 0.2) is 114 Å². The summed E-state index contributed by atoms with van der Waals surface area (Å²) in [5, 5.41) is 4.09. The van der Waals surface area contributed by atoms with E-state index in [0.717, 1.165) is 36.3 Å². The van der Waals surface area contributed by atoms with Gasteiger partial charge in [-0.15, -0.1) is 0 Å². The molecule has 1 aromatic heterocycles. The highest BCUT2D eigenvalue weighted by Gasteiger charge is 2.15. The molecule has 0 spiro atoms. The average molecular weight is 667 g/mol. The van der Waals surface area contributed by atoms with Crippen molar-refractivity contribution in [3.63, 3.8) is 0 Å². The lowest BCUT2D eigenvalue weighted by Gasteiger charge is -2.19. The van der Waals surface area contributed by atoms with Gasteiger partial charge in [0.25, 0.3) is 5.91 Å². The molecule has 0 fully saturated rings. The molecule has 0 bridgehead atoms. The quantitative estimate of drug-likeness (QED) is 0.0688. The van der Waals surface area contributed by atoms with Gasteiger partial charge in [-0.1, -0.05) is 102 Å². The van der Waals surface area contributed by atoms with Gasteiger partial charge in [0.05, 0.1) is 14.2 Å². The number of hydrogen-bond donors (Lipinski definition) is 1. The van der Waals surface area contributed by atoms with Crippen molar-refractivity contribution in [2.75, 3.05) is 39.3 Å². The summed E-state index contributed by atoms with van der Waals surface area (Å²) in [5.41, 5.74) is 5.31. The van der Waals surface area contributed by atoms with Crippen LogP contribution in [0.1, 0.15) is 45.0 Å². The number of aromatic nitrogens is 2. The number of ether oxygens (including phenoxy) is 2. The fourth-order valence-electron chi connectivity index (χ4n) is 5.32. The second kappa shape index (κ2) is 16.9. The van der Waals surface area contributed by atoms with Gasteiger partial charge >= 0.3 is 0 Å². The molecule has 1 amide bonds. The molecular weight excluding hydrogens is 628 g/mol. The summed E-state index contributed by atoms with van der Waals surface area (Å²) >= 11 is 7.89. The fourth-order valence-corrected chi connectivity index (χ4v) is 6.36. The third-order valence-electron chi connectivity index (χ3n) is 7.94. The maximum atomic E-state index is 13.0. The third kappa shape index (κ3) is 9.50. The minimum Gasteiger partial charge on any atom is -0.493 e. The van der Waals surface area contributed by atoms with Crippen LogP contribution in [0, 0.1) is 0 Å². The minimum atomic E-state index is -0.0805. The van der Waals surface area contributed by atoms with Crippen molar-refractivity contribution in [2.45, 2.75) is 29.7 Å². The Kier molecular flexibility index (Phi) is 12.1. The normalized spacial score (nSPS) is 10.9. The molecule has 242 valence electrons. The number of rotatable bonds is 15. The third-order valence-corrected chi connectivity index (χ3v) is 9.05. The number of thioether (sulfide) groups is 1. The maximum absolute atomic E-state index is 13.0. The van der Waals surface area contributed by atoms with Gasteiger partial charge in [-0.25, -0.2) is 9.97 Å². The van der Waals surface area contributed by atoms with E-state index in [9.17, 15) is 4.79 Å². The lowest BCUT2D eigenvalue weighted by atomic mass is 9.88. The standard InChI is InChI=1S/C38H39ClN4O3S/c1-43(23-21-27-16-19-33(45-2)34(24-27)46-3)36-25-35(39)41-38(42-36)47-26-28-14-17-31(18-15-28)37(44)40-22-20-32(29-10-6-4-7-11-29)30-12-8-5-9-13-30/h4-19,24-25,32H,20-23,26H2,1-3H3,(H,40,44). The van der Waals surface area contributed by atoms with Crippen LogP contribution in [-0.4, -0.2) is 50.2 Å². The summed E-state index contributed by atoms with van der Waals surface area (Å²) in [4.78, 5) is 24.2. The monoisotopic (exact) mass is 666 g/mol. The molecule has 4 aromatic carbocycles. The summed E-state index contributed by atoms with van der Waals surface area (Å²) in [5.74, 6) is 2.94. The Hall–Kier alpha value is -4.53. The summed E-state index contributed by atoms with van der Waals surface area (Å²) in [6.45, 7) is 1.30. The number of hydrogen-bond acceptors (Lipinski definition) is 7. The molecule has 0 saturated carbocycles. The molecule has 0 atom stereocenters. The highest BCUT2D eigenvalue weighted by molar-refractivity contribution is 7.98. The topological polar surface area (TPSA) is 76.6 Å². The fraction of sp³-hybridized carbons (Fsp3) is 0.237. The van der Waals surface area contributed by atoms with Crippen molar-refractivity contribution in [1.82, 2.24) is 15.3 Å². The van der Waals surface area contributed by atoms with Crippen molar-refractivity contribution in [3.05, 3.63) is 142 Å². The Balaban J connectivity index is 1.13. The highest BCUT2D eigenvalue weighted by atomic mass is 35.5. The zero-order valence-corrected chi connectivity index (χ0v) is 28.4. The molecule has 7 nitrogen and oxygen atoms in total. The lowest BCUT2D eigenvalue weighted by molar-refractivity contribution is 0.0952. The van der Waals surface area contributed by atoms with E-state index in [-0.39, 0.29) is 11.8 Å². The van der Waals surface area contributed by atoms with Gasteiger partial charge in [0, 0.05) is 43.4 Å². The Morgan fingerprint density at radius 1 is 0.830 bits per heavy atom. The van der Waals surface area contributed by atoms with Crippen LogP contribution in [0.3, 0.4) is 0 Å². The van der Waals surface area contributed by atoms with Gasteiger partial charge in [-0.2, -0.15) is 0 Å². The van der Waals surface area contributed by atoms with E-state index < -0.39 is 0 Å². The molecule has 47 heavy (non-hydrogen) atoms. The first-order chi connectivity index (χ1) is 22.9. The van der Waals surface area contributed by atoms with Gasteiger partial charge in [0.2, 0.25) is 0 Å². The zero-order valence-electron chi connectivity index (χ0n) is 26.9. The largest absolute Gasteiger partial charge is 0.493 e. The molecule has 0 saturated heterocycles. The van der Waals surface area contributed by atoms with E-state index in [2.05, 4.69) is 63.7 Å². The number of anilines is 1. The number of nitrogens with zero attached hydrogens (tertiary/aromatic N) is 3. The molecule has 0 radical (unpaired) electrons. The van der Waals surface area contributed by atoms with Gasteiger partial charge in [0.15, 0.2) is 16.7 Å². The van der Waals surface area contributed by atoms with Crippen LogP contribution in [0.5, 0.6) is 11.5 Å². The lowest BCUT2D eigenvalue weighted by Crippen LogP contribution is -2.25. The number of nitrogens with one attached hydrogen (secondary N) is 1. The zero-order chi connectivity index (χ0) is 33.0. The second-order valence-corrected chi connectivity index (χ2v) is 12.4. The molecule has 5 aromatic rings. The summed E-state index contributed by atoms with van der Waals surface area (Å²) in [6.07, 6.45) is 1.60. The van der Waals surface area contributed by atoms with E-state index in [1.807, 2.05) is 61.6 Å². The Morgan fingerprint density at radius 3 is 2.11 bits per heavy atom. The average Bonchev–Trinajstić information content (AvgIpc) is 3.12. The van der Waals surface area contributed by atoms with Crippen molar-refractivity contribution in [2.24, 2.45) is 0 Å². The number of carbonyl (C=O) groups excluding carboxylic acids is 1. The van der Waals surface area contributed by atoms with Gasteiger partial charge < -0.3 is 19.7 Å². The van der Waals surface area contributed by atoms with Gasteiger partial charge in [0.1, 0.15) is 11.0 Å². The van der Waals surface area contributed by atoms with Crippen LogP contribution < -0.4 is 19.7 Å². The summed E-state index contributed by atoms with van der Waals surface area (Å²) in [7, 11) is 5.25. The number of carbonyl (C=O) groups is 1. The first-order valence-electron chi connectivity index (χ1n) is 15.5. The smallest absolute Gasteiger partial charge is 0.251 e. The van der Waals surface area contributed by atoms with Gasteiger partial charge in [-0.05, 0) is 59.4 Å². The first-order valence-corrected chi connectivity index (χ1v) is 16.9. The van der Waals surface area contributed by atoms with Crippen molar-refractivity contribution in [3.8, 4) is 11.5 Å². The van der Waals surface area contributed by atoms with Crippen LogP contribution in [0.25, 0.3) is 0 Å². The van der Waals surface area contributed by atoms with E-state index >= 15 is 0 Å². The van der Waals surface area contributed by atoms with Crippen molar-refractivity contribution >= 4 is 35.1 Å². The summed E-state index contributed by atoms with van der Waals surface area (Å²) < 4.78 is 10.8. The Morgan fingerprint density at radius 2 is 1.47 bits per heavy atom. The van der Waals surface area contributed by atoms with Crippen LogP contribution in [0.4, 0.5) is 5.82 Å². The van der Waals surface area contributed by atoms with E-state index in [1.165, 1.54) is 22.9 Å². The van der Waals surface area contributed by atoms with Crippen LogP contribution >= 0.6 is 23.4 Å². The Labute approximate surface area is 286 Å². The molecule has 0 aliphatic heterocycles. The highest BCUT2D eigenvalue weighted by Crippen LogP contribution is 2.29. The van der Waals surface area contributed by atoms with Crippen LogP contribution in [0.2, 0.25) is 5.15 Å². The molecule has 1 heterocycles. The number of amides is 1. The summed E-state index contributed by atoms with van der Waals surface area (Å²) in [6, 6.07) is 36.2. The number of benzene rings is 4. The molecular formula is C38H39ClN4O3S. The molecule has 5 rings (SSSR count).